The van der Waals surface area contributed by atoms with Gasteiger partial charge >= 0.3 is 11.9 Å². The first kappa shape index (κ1) is 39.1. The van der Waals surface area contributed by atoms with Crippen LogP contribution in [0.5, 0.6) is 0 Å². The van der Waals surface area contributed by atoms with Gasteiger partial charge in [0.05, 0.1) is 52.7 Å². The van der Waals surface area contributed by atoms with Crippen molar-refractivity contribution >= 4 is 95.3 Å². The average molecular weight is 867 g/mol. The second-order valence-electron chi connectivity index (χ2n) is 13.1. The number of azo groups is 2. The van der Waals surface area contributed by atoms with Gasteiger partial charge in [0.1, 0.15) is 23.1 Å². The van der Waals surface area contributed by atoms with Crippen molar-refractivity contribution in [3.63, 3.8) is 0 Å². The highest BCUT2D eigenvalue weighted by Crippen LogP contribution is 2.38. The van der Waals surface area contributed by atoms with Crippen molar-refractivity contribution in [1.82, 2.24) is 59.1 Å². The summed E-state index contributed by atoms with van der Waals surface area (Å²) in [5.74, 6) is -0.674. The molecule has 0 aliphatic heterocycles. The van der Waals surface area contributed by atoms with Crippen LogP contribution < -0.4 is 11.5 Å². The van der Waals surface area contributed by atoms with E-state index in [9.17, 15) is 9.59 Å². The van der Waals surface area contributed by atoms with Crippen molar-refractivity contribution in [2.24, 2.45) is 20.5 Å². The van der Waals surface area contributed by atoms with E-state index in [2.05, 4.69) is 67.4 Å². The predicted molar refractivity (Wildman–Crippen MR) is 229 cm³/mol. The Kier molecular flexibility index (Phi) is 9.88. The van der Waals surface area contributed by atoms with Crippen molar-refractivity contribution in [2.75, 3.05) is 25.7 Å². The molecule has 0 aliphatic rings. The molecule has 7 aromatic heterocycles. The normalized spacial score (nSPS) is 11.7. The molecule has 22 nitrogen and oxygen atoms in total. The molecule has 0 radical (unpaired) electrons. The summed E-state index contributed by atoms with van der Waals surface area (Å²) in [6.45, 7) is 7.47. The van der Waals surface area contributed by atoms with E-state index in [1.807, 2.05) is 48.5 Å². The lowest BCUT2D eigenvalue weighted by Gasteiger charge is -2.06. The van der Waals surface area contributed by atoms with E-state index in [4.69, 9.17) is 20.9 Å². The molecule has 0 bridgehead atoms. The molecule has 0 fully saturated rings. The number of nitrogens with zero attached hydrogens (tertiary/aromatic N) is 16. The highest BCUT2D eigenvalue weighted by atomic mass is 32.1. The van der Waals surface area contributed by atoms with Crippen LogP contribution in [0.3, 0.4) is 0 Å². The summed E-state index contributed by atoms with van der Waals surface area (Å²) < 4.78 is 17.3. The number of benzene rings is 2. The van der Waals surface area contributed by atoms with Gasteiger partial charge in [0.15, 0.2) is 46.3 Å². The van der Waals surface area contributed by atoms with Crippen molar-refractivity contribution < 1.29 is 19.1 Å². The number of hydrogen-bond acceptors (Lipinski definition) is 20. The Morgan fingerprint density at radius 2 is 1.18 bits per heavy atom. The number of fused-ring (bicyclic) bond motifs is 2. The van der Waals surface area contributed by atoms with E-state index in [0.717, 1.165) is 20.4 Å². The van der Waals surface area contributed by atoms with Crippen molar-refractivity contribution in [1.29, 1.82) is 0 Å². The fourth-order valence-electron chi connectivity index (χ4n) is 6.15. The Balaban J connectivity index is 1.06. The SMILES string of the molecule is C=C(C)c1nn(-c2cc(-n3nc(C)c(N=Nc4c(C(=O)OC)cnn4-c4nc5ccccc5s4)c3N)ncn2)c(N)c1N=Nc1c(C(=O)OC)cnn1-c1nc2ccccc2s1. The number of carbonyl (C=O) groups is 2. The summed E-state index contributed by atoms with van der Waals surface area (Å²) in [5.41, 5.74) is 16.5. The number of para-hydroxylation sites is 2. The number of rotatable bonds is 11. The quantitative estimate of drug-likeness (QED) is 0.0950. The van der Waals surface area contributed by atoms with E-state index in [1.165, 1.54) is 74.3 Å². The number of nitrogens with two attached hydrogens (primary N) is 2. The third-order valence-electron chi connectivity index (χ3n) is 9.15. The Hall–Kier alpha value is -8.38. The van der Waals surface area contributed by atoms with Gasteiger partial charge in [0, 0.05) is 6.07 Å². The van der Waals surface area contributed by atoms with Gasteiger partial charge in [-0.05, 0) is 43.7 Å². The van der Waals surface area contributed by atoms with Crippen molar-refractivity contribution in [3.05, 3.63) is 102 Å². The zero-order valence-corrected chi connectivity index (χ0v) is 34.5. The minimum absolute atomic E-state index is 0.0346. The number of allylic oxidation sites excluding steroid dienone is 1. The van der Waals surface area contributed by atoms with Crippen LogP contribution in [-0.2, 0) is 9.47 Å². The number of hydrogen-bond donors (Lipinski definition) is 2. The standard InChI is InChI=1S/C38H30N18O4S2/c1-18(2)28-30(48-50-34-21(36(58)60-5)16-44-56(34)38-46-23-11-7-9-13-25(23)62-38)32(40)54(52-28)27-14-26(41-17-42-27)53-31(39)29(19(3)51-53)47-49-33-20(35(57)59-4)15-43-55(33)37-45-22-10-6-8-12-24(22)61-37/h6-17H,1,39-40H2,2-5H3. The molecule has 2 aromatic carbocycles. The number of nitrogen functional groups attached to an aromatic ring is 2. The molecule has 0 saturated carbocycles. The molecule has 9 rings (SSSR count). The number of carbonyl (C=O) groups excluding carboxylic acids is 2. The average Bonchev–Trinajstić information content (AvgIpc) is 4.14. The van der Waals surface area contributed by atoms with Gasteiger partial charge in [-0.3, -0.25) is 0 Å². The van der Waals surface area contributed by atoms with Gasteiger partial charge in [-0.15, -0.1) is 20.5 Å². The van der Waals surface area contributed by atoms with Crippen molar-refractivity contribution in [2.45, 2.75) is 13.8 Å². The first-order valence-corrected chi connectivity index (χ1v) is 19.8. The summed E-state index contributed by atoms with van der Waals surface area (Å²) >= 11 is 2.72. The molecule has 62 heavy (non-hydrogen) atoms. The van der Waals surface area contributed by atoms with E-state index < -0.39 is 11.9 Å². The summed E-state index contributed by atoms with van der Waals surface area (Å²) in [6, 6.07) is 16.7. The Morgan fingerprint density at radius 3 is 1.68 bits per heavy atom. The molecule has 0 saturated heterocycles. The maximum Gasteiger partial charge on any atom is 0.343 e. The molecule has 9 aromatic rings. The lowest BCUT2D eigenvalue weighted by atomic mass is 10.2. The highest BCUT2D eigenvalue weighted by molar-refractivity contribution is 7.21. The van der Waals surface area contributed by atoms with Crippen LogP contribution in [0, 0.1) is 6.92 Å². The minimum Gasteiger partial charge on any atom is -0.465 e. The number of ether oxygens (including phenoxy) is 2. The fraction of sp³-hybridized carbons (Fsp3) is 0.105. The zero-order valence-electron chi connectivity index (χ0n) is 32.9. The van der Waals surface area contributed by atoms with Crippen LogP contribution in [0.25, 0.3) is 47.9 Å². The molecule has 0 amide bonds. The number of aromatic nitrogens is 12. The fourth-order valence-corrected chi connectivity index (χ4v) is 8.00. The van der Waals surface area contributed by atoms with Crippen molar-refractivity contribution in [3.8, 4) is 21.9 Å². The van der Waals surface area contributed by atoms with E-state index in [1.54, 1.807) is 19.9 Å². The van der Waals surface area contributed by atoms with Gasteiger partial charge in [-0.1, -0.05) is 53.5 Å². The summed E-state index contributed by atoms with van der Waals surface area (Å²) in [5, 5.41) is 36.6. The third-order valence-corrected chi connectivity index (χ3v) is 11.2. The zero-order chi connectivity index (χ0) is 43.2. The first-order chi connectivity index (χ1) is 30.0. The molecule has 4 N–H and O–H groups in total. The van der Waals surface area contributed by atoms with Crippen LogP contribution in [0.15, 0.2) is 100 Å². The number of thiazole rings is 2. The number of anilines is 2. The van der Waals surface area contributed by atoms with Crippen LogP contribution in [-0.4, -0.2) is 85.2 Å². The molecule has 0 spiro atoms. The van der Waals surface area contributed by atoms with Gasteiger partial charge in [-0.25, -0.2) is 29.5 Å². The number of esters is 2. The van der Waals surface area contributed by atoms with Crippen LogP contribution in [0.4, 0.5) is 34.6 Å². The van der Waals surface area contributed by atoms with Gasteiger partial charge in [0.2, 0.25) is 10.3 Å². The third kappa shape index (κ3) is 6.79. The molecule has 24 heteroatoms. The van der Waals surface area contributed by atoms with Gasteiger partial charge in [0.25, 0.3) is 0 Å². The molecule has 7 heterocycles. The molecule has 0 unspecified atom stereocenters. The smallest absolute Gasteiger partial charge is 0.343 e. The second-order valence-corrected chi connectivity index (χ2v) is 15.2. The van der Waals surface area contributed by atoms with E-state index >= 15 is 0 Å². The van der Waals surface area contributed by atoms with Crippen LogP contribution in [0.2, 0.25) is 0 Å². The Labute approximate surface area is 356 Å². The van der Waals surface area contributed by atoms with Crippen LogP contribution in [0.1, 0.15) is 39.0 Å². The molecule has 0 atom stereocenters. The van der Waals surface area contributed by atoms with Gasteiger partial charge < -0.3 is 20.9 Å². The predicted octanol–water partition coefficient (Wildman–Crippen LogP) is 7.35. The first-order valence-electron chi connectivity index (χ1n) is 18.1. The maximum absolute atomic E-state index is 12.8. The van der Waals surface area contributed by atoms with Gasteiger partial charge in [-0.2, -0.15) is 39.1 Å². The number of methoxy groups -OCH3 is 2. The molecule has 0 aliphatic carbocycles. The lowest BCUT2D eigenvalue weighted by Crippen LogP contribution is -2.09. The topological polar surface area (TPSA) is 277 Å². The van der Waals surface area contributed by atoms with E-state index in [-0.39, 0.29) is 57.4 Å². The maximum atomic E-state index is 12.8. The summed E-state index contributed by atoms with van der Waals surface area (Å²) in [4.78, 5) is 43.7. The molecular formula is C38H30N18O4S2. The second kappa shape index (κ2) is 15.7. The Bertz CT molecular complexity index is 3250. The largest absolute Gasteiger partial charge is 0.465 e. The highest BCUT2D eigenvalue weighted by Gasteiger charge is 2.25. The van der Waals surface area contributed by atoms with Crippen LogP contribution >= 0.6 is 22.7 Å². The number of aryl methyl sites for hydroxylation is 1. The lowest BCUT2D eigenvalue weighted by molar-refractivity contribution is 0.0592. The summed E-state index contributed by atoms with van der Waals surface area (Å²) in [7, 11) is 2.51. The Morgan fingerprint density at radius 1 is 0.694 bits per heavy atom. The minimum atomic E-state index is -0.677. The van der Waals surface area contributed by atoms with E-state index in [0.29, 0.717) is 27.2 Å². The summed E-state index contributed by atoms with van der Waals surface area (Å²) in [6.07, 6.45) is 3.94. The molecular weight excluding hydrogens is 837 g/mol. The molecule has 308 valence electrons. The monoisotopic (exact) mass is 866 g/mol.